The Hall–Kier alpha value is -2.57. The minimum atomic E-state index is 0.260. The fraction of sp³-hybridized carbons (Fsp3) is 0.500. The molecule has 0 aliphatic carbocycles. The van der Waals surface area contributed by atoms with Crippen molar-refractivity contribution >= 4 is 5.91 Å². The molecule has 2 aliphatic rings. The number of hydrogen-bond donors (Lipinski definition) is 0. The Morgan fingerprint density at radius 3 is 2.47 bits per heavy atom. The monoisotopic (exact) mass is 437 g/mol. The number of carbonyl (C=O) groups is 1. The number of amides is 1. The maximum absolute atomic E-state index is 13.0. The molecule has 0 radical (unpaired) electrons. The Morgan fingerprint density at radius 1 is 1.06 bits per heavy atom. The lowest BCUT2D eigenvalue weighted by Crippen LogP contribution is -2.50. The van der Waals surface area contributed by atoms with E-state index in [-0.39, 0.29) is 5.91 Å². The molecule has 4 rings (SSSR count). The number of methoxy groups -OCH3 is 2. The van der Waals surface area contributed by atoms with E-state index in [9.17, 15) is 4.79 Å². The highest BCUT2D eigenvalue weighted by atomic mass is 16.5. The largest absolute Gasteiger partial charge is 0.493 e. The summed E-state index contributed by atoms with van der Waals surface area (Å²) in [5.41, 5.74) is 3.94. The number of benzene rings is 2. The van der Waals surface area contributed by atoms with Crippen molar-refractivity contribution in [1.29, 1.82) is 0 Å². The van der Waals surface area contributed by atoms with Gasteiger partial charge in [-0.05, 0) is 55.1 Å². The van der Waals surface area contributed by atoms with Crippen LogP contribution in [0, 0.1) is 0 Å². The highest BCUT2D eigenvalue weighted by molar-refractivity contribution is 5.78. The molecule has 2 aromatic rings. The topological polar surface area (TPSA) is 45.2 Å². The Kier molecular flexibility index (Phi) is 7.33. The summed E-state index contributed by atoms with van der Waals surface area (Å²) in [7, 11) is 5.50. The van der Waals surface area contributed by atoms with Crippen molar-refractivity contribution in [3.05, 3.63) is 59.2 Å². The van der Waals surface area contributed by atoms with Gasteiger partial charge in [0.15, 0.2) is 11.5 Å². The van der Waals surface area contributed by atoms with Crippen molar-refractivity contribution < 1.29 is 14.3 Å². The maximum atomic E-state index is 13.0. The van der Waals surface area contributed by atoms with Crippen LogP contribution >= 0.6 is 0 Å². The van der Waals surface area contributed by atoms with Crippen LogP contribution in [0.1, 0.15) is 29.5 Å². The van der Waals surface area contributed by atoms with Crippen LogP contribution in [0.3, 0.4) is 0 Å². The van der Waals surface area contributed by atoms with Crippen LogP contribution in [-0.2, 0) is 24.3 Å². The number of nitrogens with zero attached hydrogens (tertiary/aromatic N) is 3. The second-order valence-corrected chi connectivity index (χ2v) is 8.97. The van der Waals surface area contributed by atoms with E-state index < -0.39 is 0 Å². The van der Waals surface area contributed by atoms with Gasteiger partial charge in [-0.25, -0.2) is 0 Å². The standard InChI is InChI=1S/C26H35N3O3/c1-27(14-12-20-10-11-24(31-2)25(15-20)32-3)23-9-6-13-29(18-23)26(30)19-28-16-21-7-4-5-8-22(21)17-28/h4-5,7-8,10-11,15,23H,6,9,12-14,16-19H2,1-3H3. The number of rotatable bonds is 8. The third-order valence-electron chi connectivity index (χ3n) is 6.84. The minimum absolute atomic E-state index is 0.260. The lowest BCUT2D eigenvalue weighted by molar-refractivity contribution is -0.134. The molecule has 0 bridgehead atoms. The second kappa shape index (κ2) is 10.4. The summed E-state index contributed by atoms with van der Waals surface area (Å²) in [6.45, 7) is 4.91. The Labute approximate surface area is 191 Å². The summed E-state index contributed by atoms with van der Waals surface area (Å²) in [5, 5.41) is 0. The molecule has 2 aliphatic heterocycles. The van der Waals surface area contributed by atoms with Crippen LogP contribution in [0.2, 0.25) is 0 Å². The molecule has 2 heterocycles. The molecule has 172 valence electrons. The predicted octanol–water partition coefficient (Wildman–Crippen LogP) is 3.18. The van der Waals surface area contributed by atoms with Gasteiger partial charge < -0.3 is 19.3 Å². The van der Waals surface area contributed by atoms with Crippen molar-refractivity contribution in [2.45, 2.75) is 38.4 Å². The zero-order valence-electron chi connectivity index (χ0n) is 19.5. The second-order valence-electron chi connectivity index (χ2n) is 8.97. The Balaban J connectivity index is 1.27. The van der Waals surface area contributed by atoms with E-state index in [0.717, 1.165) is 63.5 Å². The molecule has 0 saturated carbocycles. The smallest absolute Gasteiger partial charge is 0.236 e. The molecule has 1 unspecified atom stereocenters. The molecule has 1 atom stereocenters. The average Bonchev–Trinajstić information content (AvgIpc) is 3.24. The summed E-state index contributed by atoms with van der Waals surface area (Å²) in [4.78, 5) is 19.8. The fourth-order valence-electron chi connectivity index (χ4n) is 4.87. The lowest BCUT2D eigenvalue weighted by Gasteiger charge is -2.38. The zero-order valence-corrected chi connectivity index (χ0v) is 19.5. The maximum Gasteiger partial charge on any atom is 0.236 e. The highest BCUT2D eigenvalue weighted by Crippen LogP contribution is 2.28. The molecule has 0 aromatic heterocycles. The van der Waals surface area contributed by atoms with Crippen molar-refractivity contribution in [2.24, 2.45) is 0 Å². The van der Waals surface area contributed by atoms with Crippen LogP contribution in [0.15, 0.2) is 42.5 Å². The zero-order chi connectivity index (χ0) is 22.5. The number of piperidine rings is 1. The van der Waals surface area contributed by atoms with E-state index in [4.69, 9.17) is 9.47 Å². The quantitative estimate of drug-likeness (QED) is 0.635. The number of hydrogen-bond acceptors (Lipinski definition) is 5. The molecule has 2 aromatic carbocycles. The van der Waals surface area contributed by atoms with Crippen molar-refractivity contribution in [1.82, 2.24) is 14.7 Å². The number of carbonyl (C=O) groups excluding carboxylic acids is 1. The highest BCUT2D eigenvalue weighted by Gasteiger charge is 2.28. The molecule has 6 heteroatoms. The summed E-state index contributed by atoms with van der Waals surface area (Å²) in [5.74, 6) is 1.79. The van der Waals surface area contributed by atoms with Gasteiger partial charge in [0.05, 0.1) is 20.8 Å². The van der Waals surface area contributed by atoms with Gasteiger partial charge in [-0.15, -0.1) is 0 Å². The van der Waals surface area contributed by atoms with Crippen LogP contribution < -0.4 is 9.47 Å². The molecular formula is C26H35N3O3. The summed E-state index contributed by atoms with van der Waals surface area (Å²) < 4.78 is 10.8. The van der Waals surface area contributed by atoms with Gasteiger partial charge in [0, 0.05) is 38.8 Å². The number of ether oxygens (including phenoxy) is 2. The fourth-order valence-corrected chi connectivity index (χ4v) is 4.87. The molecular weight excluding hydrogens is 402 g/mol. The summed E-state index contributed by atoms with van der Waals surface area (Å²) in [6.07, 6.45) is 3.14. The molecule has 0 spiro atoms. The lowest BCUT2D eigenvalue weighted by atomic mass is 10.0. The van der Waals surface area contributed by atoms with Crippen molar-refractivity contribution in [3.63, 3.8) is 0 Å². The van der Waals surface area contributed by atoms with E-state index in [1.807, 2.05) is 6.07 Å². The van der Waals surface area contributed by atoms with Crippen LogP contribution in [0.4, 0.5) is 0 Å². The number of likely N-dealkylation sites (tertiary alicyclic amines) is 1. The van der Waals surface area contributed by atoms with Gasteiger partial charge in [0.1, 0.15) is 0 Å². The van der Waals surface area contributed by atoms with Gasteiger partial charge in [0.2, 0.25) is 5.91 Å². The molecule has 1 fully saturated rings. The molecule has 1 amide bonds. The van der Waals surface area contributed by atoms with Gasteiger partial charge >= 0.3 is 0 Å². The van der Waals surface area contributed by atoms with Crippen LogP contribution in [-0.4, -0.2) is 74.1 Å². The van der Waals surface area contributed by atoms with Crippen molar-refractivity contribution in [2.75, 3.05) is 47.4 Å². The third kappa shape index (κ3) is 5.25. The van der Waals surface area contributed by atoms with Gasteiger partial charge in [-0.1, -0.05) is 30.3 Å². The third-order valence-corrected chi connectivity index (χ3v) is 6.84. The first-order valence-corrected chi connectivity index (χ1v) is 11.6. The van der Waals surface area contributed by atoms with Crippen LogP contribution in [0.25, 0.3) is 0 Å². The summed E-state index contributed by atoms with van der Waals surface area (Å²) >= 11 is 0. The Morgan fingerprint density at radius 2 is 1.78 bits per heavy atom. The molecule has 0 N–H and O–H groups in total. The molecule has 6 nitrogen and oxygen atoms in total. The molecule has 1 saturated heterocycles. The number of fused-ring (bicyclic) bond motifs is 1. The number of likely N-dealkylation sites (N-methyl/N-ethyl adjacent to an activating group) is 1. The van der Waals surface area contributed by atoms with E-state index in [1.165, 1.54) is 16.7 Å². The van der Waals surface area contributed by atoms with E-state index in [2.05, 4.69) is 58.1 Å². The predicted molar refractivity (Wildman–Crippen MR) is 126 cm³/mol. The SMILES string of the molecule is COc1ccc(CCN(C)C2CCCN(C(=O)CN3Cc4ccccc4C3)C2)cc1OC. The Bertz CT molecular complexity index is 907. The van der Waals surface area contributed by atoms with Crippen LogP contribution in [0.5, 0.6) is 11.5 Å². The molecule has 32 heavy (non-hydrogen) atoms. The van der Waals surface area contributed by atoms with Gasteiger partial charge in [0.25, 0.3) is 0 Å². The first-order valence-electron chi connectivity index (χ1n) is 11.6. The van der Waals surface area contributed by atoms with Crippen molar-refractivity contribution in [3.8, 4) is 11.5 Å². The van der Waals surface area contributed by atoms with E-state index in [0.29, 0.717) is 12.6 Å². The average molecular weight is 438 g/mol. The summed E-state index contributed by atoms with van der Waals surface area (Å²) in [6, 6.07) is 15.0. The first-order chi connectivity index (χ1) is 15.6. The van der Waals surface area contributed by atoms with Gasteiger partial charge in [-0.2, -0.15) is 0 Å². The van der Waals surface area contributed by atoms with E-state index >= 15 is 0 Å². The van der Waals surface area contributed by atoms with Gasteiger partial charge in [-0.3, -0.25) is 9.69 Å². The minimum Gasteiger partial charge on any atom is -0.493 e. The normalized spacial score (nSPS) is 18.6. The first kappa shape index (κ1) is 22.6. The van der Waals surface area contributed by atoms with E-state index in [1.54, 1.807) is 14.2 Å².